The van der Waals surface area contributed by atoms with Crippen LogP contribution in [0.5, 0.6) is 11.5 Å². The third-order valence-corrected chi connectivity index (χ3v) is 3.77. The molecule has 8 heteroatoms. The minimum Gasteiger partial charge on any atom is -0.497 e. The number of esters is 1. The number of carbonyl (C=O) groups excluding carboxylic acids is 2. The van der Waals surface area contributed by atoms with Gasteiger partial charge in [-0.15, -0.1) is 0 Å². The zero-order chi connectivity index (χ0) is 19.9. The Labute approximate surface area is 160 Å². The molecule has 0 atom stereocenters. The number of amides is 1. The van der Waals surface area contributed by atoms with Crippen molar-refractivity contribution in [3.8, 4) is 11.5 Å². The Bertz CT molecular complexity index is 547. The molecule has 8 nitrogen and oxygen atoms in total. The van der Waals surface area contributed by atoms with E-state index in [9.17, 15) is 9.59 Å². The molecule has 1 aromatic rings. The van der Waals surface area contributed by atoms with E-state index < -0.39 is 0 Å². The summed E-state index contributed by atoms with van der Waals surface area (Å²) in [6.07, 6.45) is 0.985. The lowest BCUT2D eigenvalue weighted by molar-refractivity contribution is -0.142. The molecule has 1 amide bonds. The SMILES string of the molecule is COC(=O)CCN(CCOCCO)C(=O)CCCOc1ccc(OC)cc1. The second-order valence-corrected chi connectivity index (χ2v) is 5.67. The van der Waals surface area contributed by atoms with Gasteiger partial charge < -0.3 is 29.0 Å². The number of hydrogen-bond donors (Lipinski definition) is 1. The summed E-state index contributed by atoms with van der Waals surface area (Å²) in [5, 5.41) is 8.73. The van der Waals surface area contributed by atoms with E-state index in [1.54, 1.807) is 24.1 Å². The number of hydrogen-bond acceptors (Lipinski definition) is 7. The minimum absolute atomic E-state index is 0.0706. The summed E-state index contributed by atoms with van der Waals surface area (Å²) >= 11 is 0. The summed E-state index contributed by atoms with van der Waals surface area (Å²) in [5.41, 5.74) is 0. The molecule has 27 heavy (non-hydrogen) atoms. The molecule has 0 fully saturated rings. The summed E-state index contributed by atoms with van der Waals surface area (Å²) in [5.74, 6) is 1.02. The molecule has 0 aliphatic carbocycles. The van der Waals surface area contributed by atoms with Gasteiger partial charge in [0, 0.05) is 19.5 Å². The van der Waals surface area contributed by atoms with Crippen molar-refractivity contribution in [2.75, 3.05) is 53.7 Å². The van der Waals surface area contributed by atoms with Crippen LogP contribution in [0, 0.1) is 0 Å². The highest BCUT2D eigenvalue weighted by atomic mass is 16.5. The van der Waals surface area contributed by atoms with Crippen LogP contribution in [0.3, 0.4) is 0 Å². The molecule has 1 rings (SSSR count). The second kappa shape index (κ2) is 13.8. The van der Waals surface area contributed by atoms with Crippen LogP contribution in [0.2, 0.25) is 0 Å². The van der Waals surface area contributed by atoms with Crippen molar-refractivity contribution in [1.29, 1.82) is 0 Å². The normalized spacial score (nSPS) is 10.3. The van der Waals surface area contributed by atoms with E-state index >= 15 is 0 Å². The molecule has 0 aliphatic rings. The number of aliphatic hydroxyl groups excluding tert-OH is 1. The van der Waals surface area contributed by atoms with Gasteiger partial charge in [-0.3, -0.25) is 9.59 Å². The summed E-state index contributed by atoms with van der Waals surface area (Å²) in [6, 6.07) is 7.23. The lowest BCUT2D eigenvalue weighted by Gasteiger charge is -2.22. The van der Waals surface area contributed by atoms with Crippen molar-refractivity contribution in [3.63, 3.8) is 0 Å². The molecule has 1 N–H and O–H groups in total. The van der Waals surface area contributed by atoms with Crippen LogP contribution in [-0.2, 0) is 19.1 Å². The summed E-state index contributed by atoms with van der Waals surface area (Å²) in [6.45, 7) is 1.48. The van der Waals surface area contributed by atoms with Gasteiger partial charge in [0.1, 0.15) is 11.5 Å². The number of rotatable bonds is 14. The topological polar surface area (TPSA) is 94.5 Å². The van der Waals surface area contributed by atoms with Crippen molar-refractivity contribution < 1.29 is 33.6 Å². The van der Waals surface area contributed by atoms with Crippen LogP contribution >= 0.6 is 0 Å². The van der Waals surface area contributed by atoms with Gasteiger partial charge in [0.05, 0.1) is 47.1 Å². The van der Waals surface area contributed by atoms with Crippen molar-refractivity contribution >= 4 is 11.9 Å². The number of nitrogens with zero attached hydrogens (tertiary/aromatic N) is 1. The van der Waals surface area contributed by atoms with Crippen molar-refractivity contribution in [2.45, 2.75) is 19.3 Å². The van der Waals surface area contributed by atoms with E-state index in [-0.39, 0.29) is 38.1 Å². The van der Waals surface area contributed by atoms with E-state index in [2.05, 4.69) is 4.74 Å². The second-order valence-electron chi connectivity index (χ2n) is 5.67. The highest BCUT2D eigenvalue weighted by Crippen LogP contribution is 2.17. The summed E-state index contributed by atoms with van der Waals surface area (Å²) < 4.78 is 20.5. The molecule has 0 saturated carbocycles. The summed E-state index contributed by atoms with van der Waals surface area (Å²) in [7, 11) is 2.91. The van der Waals surface area contributed by atoms with Crippen LogP contribution in [0.4, 0.5) is 0 Å². The molecule has 0 heterocycles. The fourth-order valence-electron chi connectivity index (χ4n) is 2.27. The predicted octanol–water partition coefficient (Wildman–Crippen LogP) is 1.25. The van der Waals surface area contributed by atoms with Gasteiger partial charge in [-0.1, -0.05) is 0 Å². The lowest BCUT2D eigenvalue weighted by Crippen LogP contribution is -2.36. The molecular formula is C19H29NO7. The molecular weight excluding hydrogens is 354 g/mol. The van der Waals surface area contributed by atoms with E-state index in [0.29, 0.717) is 38.3 Å². The first kappa shape index (κ1) is 22.7. The standard InChI is InChI=1S/C19H29NO7/c1-24-16-5-7-17(8-6-16)27-13-3-4-18(22)20(10-9-19(23)25-2)11-14-26-15-12-21/h5-8,21H,3-4,9-15H2,1-2H3. The number of carbonyl (C=O) groups is 2. The van der Waals surface area contributed by atoms with Gasteiger partial charge in [0.15, 0.2) is 0 Å². The van der Waals surface area contributed by atoms with Crippen LogP contribution in [0.25, 0.3) is 0 Å². The van der Waals surface area contributed by atoms with E-state index in [0.717, 1.165) is 5.75 Å². The Morgan fingerprint density at radius 2 is 1.67 bits per heavy atom. The molecule has 0 unspecified atom stereocenters. The average Bonchev–Trinajstić information content (AvgIpc) is 2.70. The third kappa shape index (κ3) is 9.81. The molecule has 152 valence electrons. The van der Waals surface area contributed by atoms with Gasteiger partial charge in [-0.2, -0.15) is 0 Å². The van der Waals surface area contributed by atoms with Crippen LogP contribution < -0.4 is 9.47 Å². The monoisotopic (exact) mass is 383 g/mol. The Hall–Kier alpha value is -2.32. The zero-order valence-electron chi connectivity index (χ0n) is 16.0. The fourth-order valence-corrected chi connectivity index (χ4v) is 2.27. The minimum atomic E-state index is -0.369. The molecule has 1 aromatic carbocycles. The highest BCUT2D eigenvalue weighted by Gasteiger charge is 2.15. The van der Waals surface area contributed by atoms with Gasteiger partial charge in [0.25, 0.3) is 0 Å². The first-order valence-corrected chi connectivity index (χ1v) is 8.90. The molecule has 0 bridgehead atoms. The van der Waals surface area contributed by atoms with Crippen molar-refractivity contribution in [3.05, 3.63) is 24.3 Å². The fraction of sp³-hybridized carbons (Fsp3) is 0.579. The number of methoxy groups -OCH3 is 2. The van der Waals surface area contributed by atoms with E-state index in [1.165, 1.54) is 7.11 Å². The Balaban J connectivity index is 2.37. The van der Waals surface area contributed by atoms with Crippen molar-refractivity contribution in [1.82, 2.24) is 4.90 Å². The maximum Gasteiger partial charge on any atom is 0.307 e. The molecule has 0 spiro atoms. The maximum atomic E-state index is 12.4. The largest absolute Gasteiger partial charge is 0.497 e. The Kier molecular flexibility index (Phi) is 11.6. The van der Waals surface area contributed by atoms with Gasteiger partial charge >= 0.3 is 5.97 Å². The van der Waals surface area contributed by atoms with Crippen LogP contribution in [0.15, 0.2) is 24.3 Å². The number of aliphatic hydroxyl groups is 1. The molecule has 0 saturated heterocycles. The number of ether oxygens (including phenoxy) is 4. The molecule has 0 radical (unpaired) electrons. The van der Waals surface area contributed by atoms with Gasteiger partial charge in [0.2, 0.25) is 5.91 Å². The van der Waals surface area contributed by atoms with Crippen molar-refractivity contribution in [2.24, 2.45) is 0 Å². The van der Waals surface area contributed by atoms with Crippen LogP contribution in [-0.4, -0.2) is 75.6 Å². The quantitative estimate of drug-likeness (QED) is 0.382. The number of benzene rings is 1. The van der Waals surface area contributed by atoms with E-state index in [4.69, 9.17) is 19.3 Å². The maximum absolute atomic E-state index is 12.4. The van der Waals surface area contributed by atoms with E-state index in [1.807, 2.05) is 12.1 Å². The third-order valence-electron chi connectivity index (χ3n) is 3.77. The Morgan fingerprint density at radius 1 is 0.963 bits per heavy atom. The summed E-state index contributed by atoms with van der Waals surface area (Å²) in [4.78, 5) is 25.3. The first-order valence-electron chi connectivity index (χ1n) is 8.90. The van der Waals surface area contributed by atoms with Gasteiger partial charge in [-0.25, -0.2) is 0 Å². The van der Waals surface area contributed by atoms with Gasteiger partial charge in [-0.05, 0) is 30.7 Å². The van der Waals surface area contributed by atoms with Crippen LogP contribution in [0.1, 0.15) is 19.3 Å². The Morgan fingerprint density at radius 3 is 2.30 bits per heavy atom. The zero-order valence-corrected chi connectivity index (χ0v) is 16.0. The smallest absolute Gasteiger partial charge is 0.307 e. The average molecular weight is 383 g/mol. The molecule has 0 aliphatic heterocycles. The lowest BCUT2D eigenvalue weighted by atomic mass is 10.2. The highest BCUT2D eigenvalue weighted by molar-refractivity contribution is 5.77. The predicted molar refractivity (Wildman–Crippen MR) is 98.8 cm³/mol. The first-order chi connectivity index (χ1) is 13.1. The molecule has 0 aromatic heterocycles.